The van der Waals surface area contributed by atoms with Crippen LogP contribution in [0.1, 0.15) is 42.1 Å². The Bertz CT molecular complexity index is 830. The van der Waals surface area contributed by atoms with Crippen LogP contribution in [0.25, 0.3) is 0 Å². The van der Waals surface area contributed by atoms with Gasteiger partial charge in [0.15, 0.2) is 6.10 Å². The van der Waals surface area contributed by atoms with Gasteiger partial charge >= 0.3 is 5.97 Å². The van der Waals surface area contributed by atoms with Gasteiger partial charge in [0.2, 0.25) is 0 Å². The molecule has 2 amide bonds. The highest BCUT2D eigenvalue weighted by atomic mass is 32.1. The van der Waals surface area contributed by atoms with Crippen molar-refractivity contribution in [3.8, 4) is 0 Å². The molecule has 160 valence electrons. The number of hydrogen-bond acceptors (Lipinski definition) is 5. The molecule has 6 nitrogen and oxygen atoms in total. The molecule has 1 aromatic carbocycles. The molecule has 1 aliphatic rings. The molecule has 1 aromatic heterocycles. The second-order valence-corrected chi connectivity index (χ2v) is 8.39. The molecule has 2 heterocycles. The Morgan fingerprint density at radius 2 is 1.90 bits per heavy atom. The van der Waals surface area contributed by atoms with Gasteiger partial charge in [0, 0.05) is 30.6 Å². The summed E-state index contributed by atoms with van der Waals surface area (Å²) in [5, 5.41) is 6.25. The Hall–Kier alpha value is -2.67. The third-order valence-corrected chi connectivity index (χ3v) is 6.03. The first-order chi connectivity index (χ1) is 14.5. The van der Waals surface area contributed by atoms with Crippen molar-refractivity contribution in [1.82, 2.24) is 10.2 Å². The predicted octanol–water partition coefficient (Wildman–Crippen LogP) is 3.28. The fourth-order valence-electron chi connectivity index (χ4n) is 3.64. The summed E-state index contributed by atoms with van der Waals surface area (Å²) in [5.41, 5.74) is 1.91. The maximum Gasteiger partial charge on any atom is 0.308 e. The first-order valence-corrected chi connectivity index (χ1v) is 11.3. The van der Waals surface area contributed by atoms with Crippen LogP contribution >= 0.6 is 11.3 Å². The molecular weight excluding hydrogens is 400 g/mol. The minimum atomic E-state index is -0.809. The monoisotopic (exact) mass is 428 g/mol. The van der Waals surface area contributed by atoms with Crippen LogP contribution in [0.2, 0.25) is 0 Å². The van der Waals surface area contributed by atoms with Crippen molar-refractivity contribution in [2.24, 2.45) is 5.92 Å². The van der Waals surface area contributed by atoms with Crippen LogP contribution in [0.4, 0.5) is 0 Å². The minimum absolute atomic E-state index is 0.0344. The van der Waals surface area contributed by atoms with E-state index in [9.17, 15) is 14.4 Å². The zero-order chi connectivity index (χ0) is 21.3. The molecule has 3 rings (SSSR count). The lowest BCUT2D eigenvalue weighted by Crippen LogP contribution is -2.44. The molecule has 1 atom stereocenters. The lowest BCUT2D eigenvalue weighted by molar-refractivity contribution is -0.159. The average Bonchev–Trinajstić information content (AvgIpc) is 3.29. The van der Waals surface area contributed by atoms with Gasteiger partial charge in [0.1, 0.15) is 0 Å². The summed E-state index contributed by atoms with van der Waals surface area (Å²) in [4.78, 5) is 38.3. The Morgan fingerprint density at radius 3 is 2.57 bits per heavy atom. The van der Waals surface area contributed by atoms with Gasteiger partial charge in [-0.3, -0.25) is 14.4 Å². The third kappa shape index (κ3) is 6.42. The van der Waals surface area contributed by atoms with Crippen molar-refractivity contribution in [3.63, 3.8) is 0 Å². The summed E-state index contributed by atoms with van der Waals surface area (Å²) in [7, 11) is 0. The van der Waals surface area contributed by atoms with E-state index in [-0.39, 0.29) is 24.8 Å². The van der Waals surface area contributed by atoms with E-state index in [1.165, 1.54) is 16.9 Å². The van der Waals surface area contributed by atoms with Crippen molar-refractivity contribution in [3.05, 3.63) is 58.3 Å². The molecule has 0 saturated carbocycles. The van der Waals surface area contributed by atoms with Crippen molar-refractivity contribution < 1.29 is 19.1 Å². The molecule has 7 heteroatoms. The SMILES string of the molecule is CC(OC(=O)CCNC(=O)c1ccsc1)C(=O)N1CCC(Cc2ccccc2)CC1. The van der Waals surface area contributed by atoms with E-state index in [1.54, 1.807) is 23.3 Å². The van der Waals surface area contributed by atoms with Gasteiger partial charge in [-0.25, -0.2) is 0 Å². The predicted molar refractivity (Wildman–Crippen MR) is 116 cm³/mol. The first kappa shape index (κ1) is 22.0. The molecule has 1 aliphatic heterocycles. The zero-order valence-corrected chi connectivity index (χ0v) is 18.0. The van der Waals surface area contributed by atoms with Crippen LogP contribution in [0, 0.1) is 5.92 Å². The number of amides is 2. The molecule has 2 aromatic rings. The number of nitrogens with one attached hydrogen (secondary N) is 1. The van der Waals surface area contributed by atoms with Crippen LogP contribution < -0.4 is 5.32 Å². The third-order valence-electron chi connectivity index (χ3n) is 5.35. The van der Waals surface area contributed by atoms with Gasteiger partial charge in [-0.1, -0.05) is 30.3 Å². The topological polar surface area (TPSA) is 75.7 Å². The van der Waals surface area contributed by atoms with Crippen molar-refractivity contribution in [2.45, 2.75) is 38.7 Å². The van der Waals surface area contributed by atoms with Crippen molar-refractivity contribution >= 4 is 29.1 Å². The number of esters is 1. The molecular formula is C23H28N2O4S. The standard InChI is InChI=1S/C23H28N2O4S/c1-17(29-21(26)7-11-24-22(27)20-10-14-30-16-20)23(28)25-12-8-19(9-13-25)15-18-5-3-2-4-6-18/h2-6,10,14,16-17,19H,7-9,11-13,15H2,1H3,(H,24,27). The van der Waals surface area contributed by atoms with Crippen LogP contribution in [-0.2, 0) is 20.7 Å². The second-order valence-electron chi connectivity index (χ2n) is 7.61. The van der Waals surface area contributed by atoms with E-state index >= 15 is 0 Å². The Kier molecular flexibility index (Phi) is 8.02. The van der Waals surface area contributed by atoms with Crippen LogP contribution in [0.3, 0.4) is 0 Å². The Morgan fingerprint density at radius 1 is 1.17 bits per heavy atom. The zero-order valence-electron chi connectivity index (χ0n) is 17.2. The van der Waals surface area contributed by atoms with E-state index in [4.69, 9.17) is 4.74 Å². The lowest BCUT2D eigenvalue weighted by Gasteiger charge is -2.33. The molecule has 30 heavy (non-hydrogen) atoms. The van der Waals surface area contributed by atoms with E-state index in [1.807, 2.05) is 11.4 Å². The van der Waals surface area contributed by atoms with Gasteiger partial charge in [-0.2, -0.15) is 11.3 Å². The van der Waals surface area contributed by atoms with Gasteiger partial charge < -0.3 is 15.0 Å². The highest BCUT2D eigenvalue weighted by molar-refractivity contribution is 7.08. The number of piperidine rings is 1. The first-order valence-electron chi connectivity index (χ1n) is 10.4. The van der Waals surface area contributed by atoms with Crippen LogP contribution in [0.5, 0.6) is 0 Å². The lowest BCUT2D eigenvalue weighted by atomic mass is 9.90. The summed E-state index contributed by atoms with van der Waals surface area (Å²) in [6.45, 7) is 3.17. The maximum absolute atomic E-state index is 12.6. The van der Waals surface area contributed by atoms with E-state index in [0.717, 1.165) is 19.3 Å². The van der Waals surface area contributed by atoms with Crippen molar-refractivity contribution in [2.75, 3.05) is 19.6 Å². The molecule has 0 aliphatic carbocycles. The second kappa shape index (κ2) is 10.9. The average molecular weight is 429 g/mol. The molecule has 0 bridgehead atoms. The summed E-state index contributed by atoms with van der Waals surface area (Å²) >= 11 is 1.44. The molecule has 1 unspecified atom stereocenters. The number of carbonyl (C=O) groups is 3. The van der Waals surface area contributed by atoms with Crippen molar-refractivity contribution in [1.29, 1.82) is 0 Å². The molecule has 1 fully saturated rings. The highest BCUT2D eigenvalue weighted by Crippen LogP contribution is 2.22. The number of nitrogens with zero attached hydrogens (tertiary/aromatic N) is 1. The van der Waals surface area contributed by atoms with Gasteiger partial charge in [-0.05, 0) is 49.1 Å². The number of hydrogen-bond donors (Lipinski definition) is 1. The largest absolute Gasteiger partial charge is 0.452 e. The summed E-state index contributed by atoms with van der Waals surface area (Å²) in [6, 6.07) is 12.1. The normalized spacial score (nSPS) is 15.4. The van der Waals surface area contributed by atoms with Gasteiger partial charge in [0.25, 0.3) is 11.8 Å². The number of thiophene rings is 1. The number of benzene rings is 1. The smallest absolute Gasteiger partial charge is 0.308 e. The summed E-state index contributed by atoms with van der Waals surface area (Å²) < 4.78 is 5.28. The summed E-state index contributed by atoms with van der Waals surface area (Å²) in [6.07, 6.45) is 2.17. The fourth-order valence-corrected chi connectivity index (χ4v) is 4.28. The molecule has 1 N–H and O–H groups in total. The molecule has 0 radical (unpaired) electrons. The number of rotatable bonds is 8. The van der Waals surface area contributed by atoms with Crippen LogP contribution in [-0.4, -0.2) is 48.4 Å². The quantitative estimate of drug-likeness (QED) is 0.655. The number of ether oxygens (including phenoxy) is 1. The fraction of sp³-hybridized carbons (Fsp3) is 0.435. The van der Waals surface area contributed by atoms with Gasteiger partial charge in [0.05, 0.1) is 6.42 Å². The summed E-state index contributed by atoms with van der Waals surface area (Å²) in [5.74, 6) is -0.281. The van der Waals surface area contributed by atoms with Crippen LogP contribution in [0.15, 0.2) is 47.2 Å². The number of likely N-dealkylation sites (tertiary alicyclic amines) is 1. The van der Waals surface area contributed by atoms with E-state index in [0.29, 0.717) is 24.6 Å². The molecule has 0 spiro atoms. The Balaban J connectivity index is 1.35. The Labute approximate surface area is 181 Å². The molecule has 1 saturated heterocycles. The number of carbonyl (C=O) groups excluding carboxylic acids is 3. The van der Waals surface area contributed by atoms with Gasteiger partial charge in [-0.15, -0.1) is 0 Å². The minimum Gasteiger partial charge on any atom is -0.452 e. The maximum atomic E-state index is 12.6. The van der Waals surface area contributed by atoms with E-state index < -0.39 is 12.1 Å². The highest BCUT2D eigenvalue weighted by Gasteiger charge is 2.28. The van der Waals surface area contributed by atoms with E-state index in [2.05, 4.69) is 29.6 Å².